The first-order valence-electron chi connectivity index (χ1n) is 7.93. The van der Waals surface area contributed by atoms with Crippen molar-refractivity contribution in [3.05, 3.63) is 70.8 Å². The molecular formula is C19H14N4O2S2. The number of ketones is 1. The molecule has 1 N–H and O–H groups in total. The Hall–Kier alpha value is -3.02. The van der Waals surface area contributed by atoms with Gasteiger partial charge in [0.1, 0.15) is 0 Å². The molecule has 0 aliphatic carbocycles. The smallest absolute Gasteiger partial charge is 0.293 e. The SMILES string of the molecule is Cc1ccc(C(=O)C(=O)Nc2nnc(SCc3ccc(C#N)cc3)s2)cc1. The number of carbonyl (C=O) groups is 2. The van der Waals surface area contributed by atoms with Gasteiger partial charge in [-0.1, -0.05) is 65.1 Å². The molecule has 0 fully saturated rings. The van der Waals surface area contributed by atoms with Gasteiger partial charge in [-0.25, -0.2) is 0 Å². The van der Waals surface area contributed by atoms with E-state index in [4.69, 9.17) is 5.26 Å². The Morgan fingerprint density at radius 3 is 2.48 bits per heavy atom. The van der Waals surface area contributed by atoms with E-state index in [1.54, 1.807) is 36.4 Å². The Bertz CT molecular complexity index is 1010. The van der Waals surface area contributed by atoms with Crippen molar-refractivity contribution >= 4 is 39.9 Å². The molecule has 6 nitrogen and oxygen atoms in total. The standard InChI is InChI=1S/C19H14N4O2S2/c1-12-2-8-15(9-3-12)16(24)17(25)21-18-22-23-19(27-18)26-11-14-6-4-13(10-20)5-7-14/h2-9H,11H2,1H3,(H,21,22,25). The van der Waals surface area contributed by atoms with Crippen molar-refractivity contribution < 1.29 is 9.59 Å². The van der Waals surface area contributed by atoms with Crippen LogP contribution in [0.1, 0.15) is 27.0 Å². The molecule has 0 unspecified atom stereocenters. The first kappa shape index (κ1) is 18.8. The fourth-order valence-corrected chi connectivity index (χ4v) is 3.83. The van der Waals surface area contributed by atoms with Gasteiger partial charge in [0.2, 0.25) is 5.13 Å². The number of hydrogen-bond acceptors (Lipinski definition) is 7. The summed E-state index contributed by atoms with van der Waals surface area (Å²) in [5.74, 6) is -0.688. The van der Waals surface area contributed by atoms with Crippen molar-refractivity contribution in [2.45, 2.75) is 17.0 Å². The summed E-state index contributed by atoms with van der Waals surface area (Å²) in [6, 6.07) is 16.2. The highest BCUT2D eigenvalue weighted by atomic mass is 32.2. The quantitative estimate of drug-likeness (QED) is 0.295. The van der Waals surface area contributed by atoms with E-state index in [2.05, 4.69) is 21.6 Å². The summed E-state index contributed by atoms with van der Waals surface area (Å²) in [6.07, 6.45) is 0. The van der Waals surface area contributed by atoms with Crippen molar-refractivity contribution in [2.75, 3.05) is 5.32 Å². The predicted molar refractivity (Wildman–Crippen MR) is 105 cm³/mol. The van der Waals surface area contributed by atoms with E-state index < -0.39 is 11.7 Å². The maximum absolute atomic E-state index is 12.1. The second kappa shape index (κ2) is 8.58. The summed E-state index contributed by atoms with van der Waals surface area (Å²) in [5.41, 5.74) is 3.01. The lowest BCUT2D eigenvalue weighted by atomic mass is 10.1. The first-order chi connectivity index (χ1) is 13.0. The number of anilines is 1. The Labute approximate surface area is 164 Å². The third kappa shape index (κ3) is 5.00. The number of carbonyl (C=O) groups excluding carboxylic acids is 2. The largest absolute Gasteiger partial charge is 0.298 e. The average Bonchev–Trinajstić information content (AvgIpc) is 3.14. The fraction of sp³-hybridized carbons (Fsp3) is 0.105. The summed E-state index contributed by atoms with van der Waals surface area (Å²) in [4.78, 5) is 24.2. The maximum atomic E-state index is 12.1. The topological polar surface area (TPSA) is 95.7 Å². The van der Waals surface area contributed by atoms with Gasteiger partial charge in [-0.2, -0.15) is 5.26 Å². The molecule has 134 valence electrons. The zero-order valence-electron chi connectivity index (χ0n) is 14.3. The van der Waals surface area contributed by atoms with Crippen LogP contribution >= 0.6 is 23.1 Å². The van der Waals surface area contributed by atoms with Gasteiger partial charge in [0.05, 0.1) is 11.6 Å². The Morgan fingerprint density at radius 1 is 1.11 bits per heavy atom. The first-order valence-corrected chi connectivity index (χ1v) is 9.73. The molecule has 1 heterocycles. The van der Waals surface area contributed by atoms with E-state index in [0.717, 1.165) is 11.1 Å². The highest BCUT2D eigenvalue weighted by molar-refractivity contribution is 8.00. The third-order valence-electron chi connectivity index (χ3n) is 3.59. The molecule has 0 saturated heterocycles. The molecule has 1 amide bonds. The average molecular weight is 394 g/mol. The second-order valence-electron chi connectivity index (χ2n) is 5.62. The summed E-state index contributed by atoms with van der Waals surface area (Å²) in [7, 11) is 0. The maximum Gasteiger partial charge on any atom is 0.298 e. The van der Waals surface area contributed by atoms with Gasteiger partial charge in [-0.3, -0.25) is 14.9 Å². The van der Waals surface area contributed by atoms with Crippen LogP contribution in [0.15, 0.2) is 52.9 Å². The minimum Gasteiger partial charge on any atom is -0.293 e. The minimum absolute atomic E-state index is 0.280. The van der Waals surface area contributed by atoms with Crippen LogP contribution < -0.4 is 5.32 Å². The lowest BCUT2D eigenvalue weighted by Gasteiger charge is -2.01. The van der Waals surface area contributed by atoms with E-state index in [1.165, 1.54) is 23.1 Å². The van der Waals surface area contributed by atoms with Crippen LogP contribution in [0.4, 0.5) is 5.13 Å². The Kier molecular flexibility index (Phi) is 5.96. The van der Waals surface area contributed by atoms with E-state index in [9.17, 15) is 9.59 Å². The molecule has 8 heteroatoms. The fourth-order valence-electron chi connectivity index (χ4n) is 2.13. The van der Waals surface area contributed by atoms with E-state index in [0.29, 0.717) is 21.2 Å². The molecule has 0 atom stereocenters. The third-order valence-corrected chi connectivity index (χ3v) is 5.64. The van der Waals surface area contributed by atoms with Crippen molar-refractivity contribution in [3.8, 4) is 6.07 Å². The molecule has 27 heavy (non-hydrogen) atoms. The molecule has 3 aromatic rings. The summed E-state index contributed by atoms with van der Waals surface area (Å²) >= 11 is 2.67. The summed E-state index contributed by atoms with van der Waals surface area (Å²) < 4.78 is 0.678. The van der Waals surface area contributed by atoms with Gasteiger partial charge < -0.3 is 0 Å². The van der Waals surface area contributed by atoms with Crippen LogP contribution in [-0.2, 0) is 10.5 Å². The number of benzene rings is 2. The zero-order valence-corrected chi connectivity index (χ0v) is 15.9. The molecule has 0 aliphatic heterocycles. The molecule has 2 aromatic carbocycles. The van der Waals surface area contributed by atoms with Crippen LogP contribution in [0.2, 0.25) is 0 Å². The van der Waals surface area contributed by atoms with E-state index in [-0.39, 0.29) is 5.13 Å². The summed E-state index contributed by atoms with van der Waals surface area (Å²) in [5, 5.41) is 19.5. The molecule has 1 aromatic heterocycles. The number of nitrogens with one attached hydrogen (secondary N) is 1. The number of hydrogen-bond donors (Lipinski definition) is 1. The van der Waals surface area contributed by atoms with Crippen LogP contribution in [0.25, 0.3) is 0 Å². The Balaban J connectivity index is 1.56. The minimum atomic E-state index is -0.737. The molecule has 3 rings (SSSR count). The number of nitriles is 1. The zero-order chi connectivity index (χ0) is 19.2. The predicted octanol–water partition coefficient (Wildman–Crippen LogP) is 3.83. The van der Waals surface area contributed by atoms with Crippen LogP contribution in [-0.4, -0.2) is 21.9 Å². The van der Waals surface area contributed by atoms with Gasteiger partial charge in [-0.05, 0) is 24.6 Å². The van der Waals surface area contributed by atoms with Gasteiger partial charge in [0.25, 0.3) is 11.7 Å². The van der Waals surface area contributed by atoms with Crippen molar-refractivity contribution in [3.63, 3.8) is 0 Å². The molecule has 0 aliphatic rings. The van der Waals surface area contributed by atoms with Gasteiger partial charge in [-0.15, -0.1) is 10.2 Å². The number of aromatic nitrogens is 2. The molecular weight excluding hydrogens is 380 g/mol. The Morgan fingerprint density at radius 2 is 1.81 bits per heavy atom. The van der Waals surface area contributed by atoms with Crippen molar-refractivity contribution in [1.82, 2.24) is 10.2 Å². The molecule has 0 saturated carbocycles. The highest BCUT2D eigenvalue weighted by Gasteiger charge is 2.18. The lowest BCUT2D eigenvalue weighted by molar-refractivity contribution is -0.112. The van der Waals surface area contributed by atoms with Crippen molar-refractivity contribution in [2.24, 2.45) is 0 Å². The van der Waals surface area contributed by atoms with Gasteiger partial charge >= 0.3 is 0 Å². The van der Waals surface area contributed by atoms with E-state index >= 15 is 0 Å². The number of Topliss-reactive ketones (excluding diaryl/α,β-unsaturated/α-hetero) is 1. The highest BCUT2D eigenvalue weighted by Crippen LogP contribution is 2.28. The number of aryl methyl sites for hydroxylation is 1. The van der Waals surface area contributed by atoms with Gasteiger partial charge in [0.15, 0.2) is 4.34 Å². The lowest BCUT2D eigenvalue weighted by Crippen LogP contribution is -2.22. The number of nitrogens with zero attached hydrogens (tertiary/aromatic N) is 3. The molecule has 0 radical (unpaired) electrons. The van der Waals surface area contributed by atoms with Gasteiger partial charge in [0, 0.05) is 11.3 Å². The number of thioether (sulfide) groups is 1. The van der Waals surface area contributed by atoms with Crippen molar-refractivity contribution in [1.29, 1.82) is 5.26 Å². The van der Waals surface area contributed by atoms with Crippen LogP contribution in [0.5, 0.6) is 0 Å². The molecule has 0 spiro atoms. The van der Waals surface area contributed by atoms with E-state index in [1.807, 2.05) is 19.1 Å². The normalized spacial score (nSPS) is 10.2. The molecule has 0 bridgehead atoms. The van der Waals surface area contributed by atoms with Crippen LogP contribution in [0.3, 0.4) is 0 Å². The van der Waals surface area contributed by atoms with Crippen LogP contribution in [0, 0.1) is 18.3 Å². The number of rotatable bonds is 6. The number of amides is 1. The second-order valence-corrected chi connectivity index (χ2v) is 7.82. The summed E-state index contributed by atoms with van der Waals surface area (Å²) in [6.45, 7) is 1.91. The monoisotopic (exact) mass is 394 g/mol.